The number of rotatable bonds is 1. The summed E-state index contributed by atoms with van der Waals surface area (Å²) in [6, 6.07) is 0. The van der Waals surface area contributed by atoms with Crippen LogP contribution in [-0.2, 0) is 0 Å². The van der Waals surface area contributed by atoms with Crippen LogP contribution in [-0.4, -0.2) is 28.4 Å². The van der Waals surface area contributed by atoms with E-state index in [0.29, 0.717) is 0 Å². The molecule has 0 heterocycles. The van der Waals surface area contributed by atoms with Gasteiger partial charge in [-0.3, -0.25) is 0 Å². The highest BCUT2D eigenvalue weighted by Crippen LogP contribution is 1.68. The highest BCUT2D eigenvalue weighted by molar-refractivity contribution is 4.33. The Morgan fingerprint density at radius 1 is 1.38 bits per heavy atom. The fraction of sp³-hybridized carbons (Fsp3) is 1.00. The first-order chi connectivity index (χ1) is 3.27. The molecule has 1 unspecified atom stereocenters. The van der Waals surface area contributed by atoms with Gasteiger partial charge in [0.05, 0.1) is 12.7 Å². The minimum atomic E-state index is -0.560. The summed E-state index contributed by atoms with van der Waals surface area (Å²) in [5.74, 6) is 0. The minimum Gasteiger partial charge on any atom is -0.412 e. The van der Waals surface area contributed by atoms with Crippen LogP contribution >= 0.6 is 0 Å². The lowest BCUT2D eigenvalue weighted by atomic mass is 10.5. The summed E-state index contributed by atoms with van der Waals surface area (Å²) in [6.45, 7) is 5.39. The molecule has 3 heteroatoms. The van der Waals surface area contributed by atoms with Crippen LogP contribution in [0.4, 0.5) is 0 Å². The monoisotopic (exact) mass is 124 g/mol. The van der Waals surface area contributed by atoms with Crippen LogP contribution in [0.15, 0.2) is 0 Å². The van der Waals surface area contributed by atoms with Crippen LogP contribution in [0.5, 0.6) is 0 Å². The quantitative estimate of drug-likeness (QED) is 0.497. The topological polar surface area (TPSA) is 72.0 Å². The van der Waals surface area contributed by atoms with Gasteiger partial charge in [0.15, 0.2) is 0 Å². The van der Waals surface area contributed by atoms with Gasteiger partial charge in [0.25, 0.3) is 0 Å². The van der Waals surface area contributed by atoms with Crippen molar-refractivity contribution >= 4 is 0 Å². The molecule has 8 heavy (non-hydrogen) atoms. The average Bonchev–Trinajstić information content (AvgIpc) is 1.73. The van der Waals surface area contributed by atoms with Crippen molar-refractivity contribution in [3.05, 3.63) is 0 Å². The Morgan fingerprint density at radius 2 is 1.50 bits per heavy atom. The number of aliphatic hydroxyl groups is 2. The van der Waals surface area contributed by atoms with Crippen LogP contribution in [0.25, 0.3) is 0 Å². The maximum Gasteiger partial charge on any atom is 0.0742 e. The van der Waals surface area contributed by atoms with E-state index in [0.717, 1.165) is 0 Å². The predicted molar refractivity (Wildman–Crippen MR) is 33.7 cm³/mol. The van der Waals surface area contributed by atoms with Crippen molar-refractivity contribution in [1.29, 1.82) is 0 Å². The molecule has 0 aromatic heterocycles. The first-order valence-corrected chi connectivity index (χ1v) is 2.56. The molecule has 0 aliphatic rings. The molecular weight excluding hydrogens is 108 g/mol. The molecule has 0 amide bonds. The summed E-state index contributed by atoms with van der Waals surface area (Å²) < 4.78 is 0. The molecule has 0 radical (unpaired) electrons. The standard InChI is InChI=1S/C3H8O2.C2H6.H2O/c1-3(5)2-4;1-2;/h3-5H,2H2,1H3;1-2H3;1H2. The van der Waals surface area contributed by atoms with E-state index in [1.54, 1.807) is 0 Å². The van der Waals surface area contributed by atoms with Crippen LogP contribution in [0.1, 0.15) is 20.8 Å². The highest BCUT2D eigenvalue weighted by Gasteiger charge is 1.83. The molecule has 0 bridgehead atoms. The zero-order valence-electron chi connectivity index (χ0n) is 5.68. The summed E-state index contributed by atoms with van der Waals surface area (Å²) in [4.78, 5) is 0. The van der Waals surface area contributed by atoms with Gasteiger partial charge >= 0.3 is 0 Å². The molecule has 0 fully saturated rings. The molecule has 0 saturated carbocycles. The smallest absolute Gasteiger partial charge is 0.0742 e. The van der Waals surface area contributed by atoms with Crippen molar-refractivity contribution in [1.82, 2.24) is 0 Å². The third-order valence-corrected chi connectivity index (χ3v) is 0.264. The summed E-state index contributed by atoms with van der Waals surface area (Å²) in [5, 5.41) is 16.0. The van der Waals surface area contributed by atoms with Crippen molar-refractivity contribution in [3.63, 3.8) is 0 Å². The zero-order chi connectivity index (χ0) is 6.28. The van der Waals surface area contributed by atoms with Gasteiger partial charge in [-0.25, -0.2) is 0 Å². The Labute approximate surface area is 50.3 Å². The molecule has 1 atom stereocenters. The van der Waals surface area contributed by atoms with E-state index in [2.05, 4.69) is 0 Å². The average molecular weight is 124 g/mol. The summed E-state index contributed by atoms with van der Waals surface area (Å²) >= 11 is 0. The Bertz CT molecular complexity index is 21.6. The number of hydrogen-bond acceptors (Lipinski definition) is 2. The van der Waals surface area contributed by atoms with Gasteiger partial charge in [-0.2, -0.15) is 0 Å². The molecule has 0 spiro atoms. The molecule has 0 saturated heterocycles. The zero-order valence-corrected chi connectivity index (χ0v) is 5.68. The van der Waals surface area contributed by atoms with Gasteiger partial charge in [-0.15, -0.1) is 0 Å². The van der Waals surface area contributed by atoms with Crippen molar-refractivity contribution in [2.75, 3.05) is 6.61 Å². The fourth-order valence-electron chi connectivity index (χ4n) is 0. The second-order valence-corrected chi connectivity index (χ2v) is 1.03. The lowest BCUT2D eigenvalue weighted by molar-refractivity contribution is 0.110. The van der Waals surface area contributed by atoms with E-state index in [-0.39, 0.29) is 12.1 Å². The molecule has 54 valence electrons. The minimum absolute atomic E-state index is 0. The Hall–Kier alpha value is -0.120. The Balaban J connectivity index is -0.0000000750. The normalized spacial score (nSPS) is 10.1. The summed E-state index contributed by atoms with van der Waals surface area (Å²) in [5.41, 5.74) is 0. The van der Waals surface area contributed by atoms with E-state index in [9.17, 15) is 0 Å². The number of hydrogen-bond donors (Lipinski definition) is 2. The Morgan fingerprint density at radius 3 is 1.50 bits per heavy atom. The van der Waals surface area contributed by atoms with Crippen molar-refractivity contribution in [2.24, 2.45) is 0 Å². The molecule has 0 aromatic rings. The maximum atomic E-state index is 8.11. The molecule has 0 aliphatic heterocycles. The largest absolute Gasteiger partial charge is 0.412 e. The first kappa shape index (κ1) is 15.7. The van der Waals surface area contributed by atoms with Crippen LogP contribution < -0.4 is 0 Å². The molecular formula is C5H16O3. The molecule has 0 aliphatic carbocycles. The third kappa shape index (κ3) is 39.6. The van der Waals surface area contributed by atoms with E-state index in [1.165, 1.54) is 6.92 Å². The SMILES string of the molecule is CC.CC(O)CO.O. The first-order valence-electron chi connectivity index (χ1n) is 2.56. The lowest BCUT2D eigenvalue weighted by Crippen LogP contribution is -2.03. The molecule has 0 rings (SSSR count). The van der Waals surface area contributed by atoms with Gasteiger partial charge in [0, 0.05) is 0 Å². The van der Waals surface area contributed by atoms with E-state index >= 15 is 0 Å². The van der Waals surface area contributed by atoms with E-state index < -0.39 is 6.10 Å². The van der Waals surface area contributed by atoms with Gasteiger partial charge in [0.2, 0.25) is 0 Å². The van der Waals surface area contributed by atoms with Crippen LogP contribution in [0.2, 0.25) is 0 Å². The van der Waals surface area contributed by atoms with Gasteiger partial charge in [-0.1, -0.05) is 13.8 Å². The summed E-state index contributed by atoms with van der Waals surface area (Å²) in [6.07, 6.45) is -0.560. The second-order valence-electron chi connectivity index (χ2n) is 1.03. The van der Waals surface area contributed by atoms with Crippen molar-refractivity contribution in [3.8, 4) is 0 Å². The molecule has 4 N–H and O–H groups in total. The van der Waals surface area contributed by atoms with Crippen LogP contribution in [0, 0.1) is 0 Å². The predicted octanol–water partition coefficient (Wildman–Crippen LogP) is -0.439. The second kappa shape index (κ2) is 15.8. The van der Waals surface area contributed by atoms with Crippen molar-refractivity contribution in [2.45, 2.75) is 26.9 Å². The summed E-state index contributed by atoms with van der Waals surface area (Å²) in [7, 11) is 0. The van der Waals surface area contributed by atoms with Crippen molar-refractivity contribution < 1.29 is 15.7 Å². The molecule has 3 nitrogen and oxygen atoms in total. The highest BCUT2D eigenvalue weighted by atomic mass is 16.3. The van der Waals surface area contributed by atoms with Gasteiger partial charge < -0.3 is 15.7 Å². The van der Waals surface area contributed by atoms with E-state index in [1.807, 2.05) is 13.8 Å². The van der Waals surface area contributed by atoms with Crippen LogP contribution in [0.3, 0.4) is 0 Å². The van der Waals surface area contributed by atoms with Gasteiger partial charge in [-0.05, 0) is 6.92 Å². The lowest BCUT2D eigenvalue weighted by Gasteiger charge is -1.90. The molecule has 0 aromatic carbocycles. The van der Waals surface area contributed by atoms with Gasteiger partial charge in [0.1, 0.15) is 0 Å². The fourth-order valence-corrected chi connectivity index (χ4v) is 0. The third-order valence-electron chi connectivity index (χ3n) is 0.264. The maximum absolute atomic E-state index is 8.11. The van der Waals surface area contributed by atoms with E-state index in [4.69, 9.17) is 10.2 Å². The number of aliphatic hydroxyl groups excluding tert-OH is 2. The Kier molecular flexibility index (Phi) is 30.9.